The number of piperazine rings is 1. The number of hydrogen-bond acceptors (Lipinski definition) is 4. The average Bonchev–Trinajstić information content (AvgIpc) is 2.97. The summed E-state index contributed by atoms with van der Waals surface area (Å²) in [5.74, 6) is -0.442. The molecule has 0 saturated carbocycles. The first-order valence-electron chi connectivity index (χ1n) is 9.23. The van der Waals surface area contributed by atoms with E-state index in [0.717, 1.165) is 16.8 Å². The van der Waals surface area contributed by atoms with Gasteiger partial charge in [0, 0.05) is 42.6 Å². The van der Waals surface area contributed by atoms with Gasteiger partial charge in [-0.2, -0.15) is 4.31 Å². The van der Waals surface area contributed by atoms with Gasteiger partial charge >= 0.3 is 0 Å². The number of hydrogen-bond donors (Lipinski definition) is 1. The summed E-state index contributed by atoms with van der Waals surface area (Å²) in [6.07, 6.45) is 0. The van der Waals surface area contributed by atoms with E-state index >= 15 is 0 Å². The molecule has 2 heterocycles. The summed E-state index contributed by atoms with van der Waals surface area (Å²) in [5, 5.41) is 3.45. The van der Waals surface area contributed by atoms with Crippen molar-refractivity contribution >= 4 is 38.9 Å². The van der Waals surface area contributed by atoms with Crippen molar-refractivity contribution in [1.29, 1.82) is 0 Å². The molecule has 1 atom stereocenters. The first-order chi connectivity index (χ1) is 13.3. The summed E-state index contributed by atoms with van der Waals surface area (Å²) < 4.78 is 27.8. The van der Waals surface area contributed by atoms with Crippen molar-refractivity contribution in [2.75, 3.05) is 36.4 Å². The SMILES string of the molecule is Cc1ccc(Cl)cc1N1CCN(S(=O)(=O)c2ccc3c(c2)[C@H](C)C(=O)N3)CC1. The van der Waals surface area contributed by atoms with E-state index in [0.29, 0.717) is 36.9 Å². The molecule has 2 aliphatic heterocycles. The second kappa shape index (κ2) is 7.06. The highest BCUT2D eigenvalue weighted by Crippen LogP contribution is 2.34. The van der Waals surface area contributed by atoms with Crippen LogP contribution in [-0.4, -0.2) is 44.8 Å². The minimum Gasteiger partial charge on any atom is -0.369 e. The summed E-state index contributed by atoms with van der Waals surface area (Å²) in [7, 11) is -3.61. The van der Waals surface area contributed by atoms with E-state index in [1.807, 2.05) is 25.1 Å². The van der Waals surface area contributed by atoms with Crippen molar-refractivity contribution < 1.29 is 13.2 Å². The Balaban J connectivity index is 1.53. The van der Waals surface area contributed by atoms with Crippen LogP contribution in [-0.2, 0) is 14.8 Å². The number of fused-ring (bicyclic) bond motifs is 1. The van der Waals surface area contributed by atoms with Crippen molar-refractivity contribution in [2.24, 2.45) is 0 Å². The fourth-order valence-corrected chi connectivity index (χ4v) is 5.42. The molecule has 2 aliphatic rings. The lowest BCUT2D eigenvalue weighted by Crippen LogP contribution is -2.48. The molecule has 6 nitrogen and oxygen atoms in total. The van der Waals surface area contributed by atoms with Crippen LogP contribution in [0.4, 0.5) is 11.4 Å². The molecule has 1 N–H and O–H groups in total. The van der Waals surface area contributed by atoms with E-state index in [-0.39, 0.29) is 16.7 Å². The second-order valence-corrected chi connectivity index (χ2v) is 9.66. The first kappa shape index (κ1) is 19.2. The third-order valence-electron chi connectivity index (χ3n) is 5.53. The molecular weight excluding hydrogens is 398 g/mol. The van der Waals surface area contributed by atoms with Gasteiger partial charge in [0.25, 0.3) is 0 Å². The normalized spacial score (nSPS) is 20.2. The highest BCUT2D eigenvalue weighted by molar-refractivity contribution is 7.89. The molecule has 0 aromatic heterocycles. The van der Waals surface area contributed by atoms with E-state index < -0.39 is 10.0 Å². The number of carbonyl (C=O) groups excluding carboxylic acids is 1. The second-order valence-electron chi connectivity index (χ2n) is 7.28. The van der Waals surface area contributed by atoms with Crippen molar-refractivity contribution in [3.05, 3.63) is 52.5 Å². The molecule has 0 aliphatic carbocycles. The number of rotatable bonds is 3. The van der Waals surface area contributed by atoms with Crippen LogP contribution in [0.3, 0.4) is 0 Å². The van der Waals surface area contributed by atoms with Gasteiger partial charge in [0.1, 0.15) is 0 Å². The minimum atomic E-state index is -3.61. The molecule has 2 aromatic carbocycles. The highest BCUT2D eigenvalue weighted by atomic mass is 35.5. The number of aryl methyl sites for hydroxylation is 1. The monoisotopic (exact) mass is 419 g/mol. The Bertz CT molecular complexity index is 1050. The van der Waals surface area contributed by atoms with Gasteiger partial charge in [-0.1, -0.05) is 17.7 Å². The quantitative estimate of drug-likeness (QED) is 0.829. The van der Waals surface area contributed by atoms with Crippen molar-refractivity contribution in [2.45, 2.75) is 24.7 Å². The smallest absolute Gasteiger partial charge is 0.243 e. The molecule has 0 radical (unpaired) electrons. The molecule has 1 amide bonds. The van der Waals surface area contributed by atoms with Crippen molar-refractivity contribution in [3.63, 3.8) is 0 Å². The molecule has 28 heavy (non-hydrogen) atoms. The number of sulfonamides is 1. The van der Waals surface area contributed by atoms with Crippen LogP contribution in [0.5, 0.6) is 0 Å². The molecule has 1 saturated heterocycles. The molecule has 148 valence electrons. The number of amides is 1. The van der Waals surface area contributed by atoms with Crippen LogP contribution in [0.15, 0.2) is 41.3 Å². The number of anilines is 2. The lowest BCUT2D eigenvalue weighted by molar-refractivity contribution is -0.116. The Hall–Kier alpha value is -2.09. The van der Waals surface area contributed by atoms with Gasteiger partial charge in [0.2, 0.25) is 15.9 Å². The predicted octanol–water partition coefficient (Wildman–Crippen LogP) is 3.21. The maximum Gasteiger partial charge on any atom is 0.243 e. The summed E-state index contributed by atoms with van der Waals surface area (Å²) in [5.41, 5.74) is 3.59. The molecule has 0 unspecified atom stereocenters. The van der Waals surface area contributed by atoms with E-state index in [4.69, 9.17) is 11.6 Å². The summed E-state index contributed by atoms with van der Waals surface area (Å²) in [6, 6.07) is 10.6. The lowest BCUT2D eigenvalue weighted by atomic mass is 10.0. The average molecular weight is 420 g/mol. The lowest BCUT2D eigenvalue weighted by Gasteiger charge is -2.36. The number of nitrogens with zero attached hydrogens (tertiary/aromatic N) is 2. The summed E-state index contributed by atoms with van der Waals surface area (Å²) in [4.78, 5) is 14.2. The Labute approximate surface area is 170 Å². The van der Waals surface area contributed by atoms with Gasteiger partial charge in [-0.15, -0.1) is 0 Å². The highest BCUT2D eigenvalue weighted by Gasteiger charge is 2.32. The van der Waals surface area contributed by atoms with E-state index in [1.54, 1.807) is 25.1 Å². The molecular formula is C20H22ClN3O3S. The predicted molar refractivity (Wildman–Crippen MR) is 111 cm³/mol. The standard InChI is InChI=1S/C20H22ClN3O3S/c1-13-3-4-15(21)11-19(13)23-7-9-24(10-8-23)28(26,27)16-5-6-18-17(12-16)14(2)20(25)22-18/h3-6,11-12,14H,7-10H2,1-2H3,(H,22,25)/t14-/m0/s1. The third kappa shape index (κ3) is 3.27. The zero-order chi connectivity index (χ0) is 20.1. The van der Waals surface area contributed by atoms with Gasteiger partial charge in [-0.25, -0.2) is 8.42 Å². The summed E-state index contributed by atoms with van der Waals surface area (Å²) in [6.45, 7) is 5.80. The van der Waals surface area contributed by atoms with E-state index in [1.165, 1.54) is 4.31 Å². The largest absolute Gasteiger partial charge is 0.369 e. The van der Waals surface area contributed by atoms with Crippen LogP contribution in [0.2, 0.25) is 5.02 Å². The molecule has 2 aromatic rings. The van der Waals surface area contributed by atoms with Crippen LogP contribution in [0, 0.1) is 6.92 Å². The Morgan fingerprint density at radius 3 is 2.50 bits per heavy atom. The van der Waals surface area contributed by atoms with Crippen LogP contribution < -0.4 is 10.2 Å². The molecule has 4 rings (SSSR count). The van der Waals surface area contributed by atoms with Crippen LogP contribution in [0.1, 0.15) is 24.0 Å². The zero-order valence-corrected chi connectivity index (χ0v) is 17.3. The number of nitrogens with one attached hydrogen (secondary N) is 1. The zero-order valence-electron chi connectivity index (χ0n) is 15.8. The number of benzene rings is 2. The van der Waals surface area contributed by atoms with Gasteiger partial charge < -0.3 is 10.2 Å². The maximum atomic E-state index is 13.1. The molecule has 1 fully saturated rings. The maximum absolute atomic E-state index is 13.1. The van der Waals surface area contributed by atoms with Gasteiger partial charge in [0.05, 0.1) is 10.8 Å². The first-order valence-corrected chi connectivity index (χ1v) is 11.1. The van der Waals surface area contributed by atoms with E-state index in [9.17, 15) is 13.2 Å². The fourth-order valence-electron chi connectivity index (χ4n) is 3.80. The van der Waals surface area contributed by atoms with Gasteiger partial charge in [0.15, 0.2) is 0 Å². The van der Waals surface area contributed by atoms with Crippen LogP contribution in [0.25, 0.3) is 0 Å². The van der Waals surface area contributed by atoms with Crippen molar-refractivity contribution in [1.82, 2.24) is 4.31 Å². The fraction of sp³-hybridized carbons (Fsp3) is 0.350. The Morgan fingerprint density at radius 2 is 1.79 bits per heavy atom. The molecule has 0 spiro atoms. The van der Waals surface area contributed by atoms with Gasteiger partial charge in [-0.05, 0) is 55.3 Å². The molecule has 0 bridgehead atoms. The molecule has 8 heteroatoms. The van der Waals surface area contributed by atoms with Gasteiger partial charge in [-0.3, -0.25) is 4.79 Å². The number of halogens is 1. The summed E-state index contributed by atoms with van der Waals surface area (Å²) >= 11 is 6.12. The number of carbonyl (C=O) groups is 1. The Morgan fingerprint density at radius 1 is 1.07 bits per heavy atom. The third-order valence-corrected chi connectivity index (χ3v) is 7.66. The van der Waals surface area contributed by atoms with E-state index in [2.05, 4.69) is 10.2 Å². The Kier molecular flexibility index (Phi) is 4.85. The minimum absolute atomic E-state index is 0.102. The van der Waals surface area contributed by atoms with Crippen molar-refractivity contribution in [3.8, 4) is 0 Å². The topological polar surface area (TPSA) is 69.7 Å². The van der Waals surface area contributed by atoms with Crippen LogP contribution >= 0.6 is 11.6 Å².